The van der Waals surface area contributed by atoms with E-state index in [0.717, 1.165) is 22.5 Å². The third kappa shape index (κ3) is 2.76. The van der Waals surface area contributed by atoms with Gasteiger partial charge in [-0.2, -0.15) is 0 Å². The summed E-state index contributed by atoms with van der Waals surface area (Å²) in [6.07, 6.45) is 0. The molecule has 2 aromatic carbocycles. The average molecular weight is 283 g/mol. The second-order valence-electron chi connectivity index (χ2n) is 5.05. The highest BCUT2D eigenvalue weighted by molar-refractivity contribution is 5.90. The van der Waals surface area contributed by atoms with Gasteiger partial charge in [-0.3, -0.25) is 0 Å². The molecule has 21 heavy (non-hydrogen) atoms. The third-order valence-electron chi connectivity index (χ3n) is 3.56. The maximum absolute atomic E-state index is 12.3. The fourth-order valence-electron chi connectivity index (χ4n) is 2.46. The van der Waals surface area contributed by atoms with Crippen molar-refractivity contribution in [1.29, 1.82) is 0 Å². The molecule has 1 aliphatic heterocycles. The number of nitrogens with two attached hydrogens (primary N) is 1. The average Bonchev–Trinajstić information content (AvgIpc) is 2.90. The predicted octanol–water partition coefficient (Wildman–Crippen LogP) is 2.83. The molecule has 5 heteroatoms. The number of anilines is 2. The van der Waals surface area contributed by atoms with Gasteiger partial charge in [0.25, 0.3) is 0 Å². The lowest BCUT2D eigenvalue weighted by Crippen LogP contribution is -2.30. The molecule has 3 rings (SSSR count). The Labute approximate surface area is 123 Å². The first-order chi connectivity index (χ1) is 10.2. The van der Waals surface area contributed by atoms with E-state index in [2.05, 4.69) is 5.32 Å². The molecule has 0 aromatic heterocycles. The number of benzene rings is 2. The standard InChI is InChI=1S/C16H17N3O2/c1-21-15-4-2-3-14(8-15)18-16(20)19-9-11-5-6-13(17)7-12(11)10-19/h2-8H,9-10,17H2,1H3,(H,18,20). The summed E-state index contributed by atoms with van der Waals surface area (Å²) < 4.78 is 5.15. The maximum Gasteiger partial charge on any atom is 0.322 e. The van der Waals surface area contributed by atoms with Gasteiger partial charge in [0.1, 0.15) is 5.75 Å². The zero-order valence-electron chi connectivity index (χ0n) is 11.8. The minimum atomic E-state index is -0.127. The molecular weight excluding hydrogens is 266 g/mol. The normalized spacial score (nSPS) is 12.9. The fourth-order valence-corrected chi connectivity index (χ4v) is 2.46. The molecule has 0 fully saturated rings. The number of nitrogens with one attached hydrogen (secondary N) is 1. The first kappa shape index (κ1) is 13.3. The van der Waals surface area contributed by atoms with Crippen LogP contribution in [0.1, 0.15) is 11.1 Å². The van der Waals surface area contributed by atoms with E-state index >= 15 is 0 Å². The summed E-state index contributed by atoms with van der Waals surface area (Å²) in [5, 5.41) is 2.88. The Morgan fingerprint density at radius 2 is 2.00 bits per heavy atom. The number of hydrogen-bond donors (Lipinski definition) is 2. The van der Waals surface area contributed by atoms with Crippen LogP contribution in [0.3, 0.4) is 0 Å². The van der Waals surface area contributed by atoms with Crippen molar-refractivity contribution in [1.82, 2.24) is 4.90 Å². The van der Waals surface area contributed by atoms with Crippen LogP contribution in [0.25, 0.3) is 0 Å². The molecule has 2 amide bonds. The second-order valence-corrected chi connectivity index (χ2v) is 5.05. The van der Waals surface area contributed by atoms with Gasteiger partial charge in [0.15, 0.2) is 0 Å². The topological polar surface area (TPSA) is 67.6 Å². The first-order valence-corrected chi connectivity index (χ1v) is 6.73. The molecule has 108 valence electrons. The van der Waals surface area contributed by atoms with E-state index < -0.39 is 0 Å². The summed E-state index contributed by atoms with van der Waals surface area (Å²) in [6, 6.07) is 12.9. The molecule has 1 heterocycles. The van der Waals surface area contributed by atoms with Crippen LogP contribution in [0, 0.1) is 0 Å². The maximum atomic E-state index is 12.3. The van der Waals surface area contributed by atoms with Crippen molar-refractivity contribution in [3.05, 3.63) is 53.6 Å². The van der Waals surface area contributed by atoms with Crippen LogP contribution in [0.4, 0.5) is 16.2 Å². The molecule has 0 aliphatic carbocycles. The summed E-state index contributed by atoms with van der Waals surface area (Å²) in [7, 11) is 1.60. The van der Waals surface area contributed by atoms with E-state index in [1.807, 2.05) is 36.4 Å². The number of amides is 2. The zero-order valence-corrected chi connectivity index (χ0v) is 11.8. The van der Waals surface area contributed by atoms with Gasteiger partial charge in [-0.25, -0.2) is 4.79 Å². The van der Waals surface area contributed by atoms with E-state index in [1.165, 1.54) is 0 Å². The molecule has 0 bridgehead atoms. The zero-order chi connectivity index (χ0) is 14.8. The van der Waals surface area contributed by atoms with Gasteiger partial charge in [0.05, 0.1) is 7.11 Å². The number of carbonyl (C=O) groups is 1. The Balaban J connectivity index is 1.70. The molecule has 0 atom stereocenters. The van der Waals surface area contributed by atoms with E-state index in [9.17, 15) is 4.79 Å². The molecule has 5 nitrogen and oxygen atoms in total. The van der Waals surface area contributed by atoms with Gasteiger partial charge in [-0.1, -0.05) is 12.1 Å². The lowest BCUT2D eigenvalue weighted by molar-refractivity contribution is 0.212. The van der Waals surface area contributed by atoms with Crippen molar-refractivity contribution in [3.8, 4) is 5.75 Å². The van der Waals surface area contributed by atoms with E-state index in [4.69, 9.17) is 10.5 Å². The summed E-state index contributed by atoms with van der Waals surface area (Å²) in [4.78, 5) is 14.1. The largest absolute Gasteiger partial charge is 0.497 e. The molecule has 3 N–H and O–H groups in total. The van der Waals surface area contributed by atoms with Crippen LogP contribution < -0.4 is 15.8 Å². The lowest BCUT2D eigenvalue weighted by atomic mass is 10.1. The molecule has 1 aliphatic rings. The molecule has 0 saturated heterocycles. The van der Waals surface area contributed by atoms with Crippen LogP contribution in [0.15, 0.2) is 42.5 Å². The summed E-state index contributed by atoms with van der Waals surface area (Å²) in [5.41, 5.74) is 9.47. The van der Waals surface area contributed by atoms with Crippen molar-refractivity contribution in [3.63, 3.8) is 0 Å². The van der Waals surface area contributed by atoms with Crippen LogP contribution in [-0.4, -0.2) is 18.0 Å². The SMILES string of the molecule is COc1cccc(NC(=O)N2Cc3ccc(N)cc3C2)c1. The quantitative estimate of drug-likeness (QED) is 0.833. The van der Waals surface area contributed by atoms with Crippen molar-refractivity contribution in [2.75, 3.05) is 18.2 Å². The minimum absolute atomic E-state index is 0.127. The van der Waals surface area contributed by atoms with Gasteiger partial charge < -0.3 is 20.7 Å². The van der Waals surface area contributed by atoms with Crippen molar-refractivity contribution in [2.24, 2.45) is 0 Å². The van der Waals surface area contributed by atoms with Gasteiger partial charge in [-0.15, -0.1) is 0 Å². The molecule has 0 spiro atoms. The first-order valence-electron chi connectivity index (χ1n) is 6.73. The lowest BCUT2D eigenvalue weighted by Gasteiger charge is -2.16. The Morgan fingerprint density at radius 1 is 1.19 bits per heavy atom. The number of hydrogen-bond acceptors (Lipinski definition) is 3. The molecule has 0 unspecified atom stereocenters. The van der Waals surface area contributed by atoms with E-state index in [-0.39, 0.29) is 6.03 Å². The van der Waals surface area contributed by atoms with Gasteiger partial charge in [0, 0.05) is 30.5 Å². The Morgan fingerprint density at radius 3 is 2.81 bits per heavy atom. The minimum Gasteiger partial charge on any atom is -0.497 e. The molecule has 0 saturated carbocycles. The smallest absolute Gasteiger partial charge is 0.322 e. The number of fused-ring (bicyclic) bond motifs is 1. The Kier molecular flexibility index (Phi) is 3.39. The van der Waals surface area contributed by atoms with Crippen LogP contribution >= 0.6 is 0 Å². The van der Waals surface area contributed by atoms with Gasteiger partial charge >= 0.3 is 6.03 Å². The summed E-state index contributed by atoms with van der Waals surface area (Å²) in [5.74, 6) is 0.713. The van der Waals surface area contributed by atoms with Gasteiger partial charge in [-0.05, 0) is 35.4 Å². The third-order valence-corrected chi connectivity index (χ3v) is 3.56. The van der Waals surface area contributed by atoms with Crippen molar-refractivity contribution >= 4 is 17.4 Å². The number of methoxy groups -OCH3 is 1. The fraction of sp³-hybridized carbons (Fsp3) is 0.188. The molecule has 2 aromatic rings. The number of rotatable bonds is 2. The van der Waals surface area contributed by atoms with E-state index in [1.54, 1.807) is 18.1 Å². The predicted molar refractivity (Wildman–Crippen MR) is 82.1 cm³/mol. The van der Waals surface area contributed by atoms with E-state index in [0.29, 0.717) is 18.8 Å². The number of nitrogens with zero attached hydrogens (tertiary/aromatic N) is 1. The molecular formula is C16H17N3O2. The summed E-state index contributed by atoms with van der Waals surface area (Å²) in [6.45, 7) is 1.18. The number of carbonyl (C=O) groups excluding carboxylic acids is 1. The highest BCUT2D eigenvalue weighted by Crippen LogP contribution is 2.25. The Hall–Kier alpha value is -2.69. The number of urea groups is 1. The number of ether oxygens (including phenoxy) is 1. The van der Waals surface area contributed by atoms with Crippen molar-refractivity contribution in [2.45, 2.75) is 13.1 Å². The van der Waals surface area contributed by atoms with Crippen LogP contribution in [0.2, 0.25) is 0 Å². The van der Waals surface area contributed by atoms with Crippen LogP contribution in [0.5, 0.6) is 5.75 Å². The monoisotopic (exact) mass is 283 g/mol. The summed E-state index contributed by atoms with van der Waals surface area (Å²) >= 11 is 0. The highest BCUT2D eigenvalue weighted by Gasteiger charge is 2.23. The van der Waals surface area contributed by atoms with Gasteiger partial charge in [0.2, 0.25) is 0 Å². The number of nitrogen functional groups attached to an aromatic ring is 1. The second kappa shape index (κ2) is 5.36. The Bertz CT molecular complexity index is 685. The van der Waals surface area contributed by atoms with Crippen molar-refractivity contribution < 1.29 is 9.53 Å². The highest BCUT2D eigenvalue weighted by atomic mass is 16.5. The van der Waals surface area contributed by atoms with Crippen LogP contribution in [-0.2, 0) is 13.1 Å². The molecule has 0 radical (unpaired) electrons.